The summed E-state index contributed by atoms with van der Waals surface area (Å²) in [4.78, 5) is 12.2. The van der Waals surface area contributed by atoms with Crippen LogP contribution in [0.1, 0.15) is 9.67 Å². The molecule has 0 aliphatic rings. The Morgan fingerprint density at radius 1 is 1.24 bits per heavy atom. The zero-order valence-electron chi connectivity index (χ0n) is 12.9. The first kappa shape index (κ1) is 18.4. The minimum absolute atomic E-state index is 0.399. The molecular weight excluding hydrogens is 491 g/mol. The summed E-state index contributed by atoms with van der Waals surface area (Å²) < 4.78 is 6.72. The third-order valence-electron chi connectivity index (χ3n) is 3.38. The van der Waals surface area contributed by atoms with E-state index in [1.165, 1.54) is 18.4 Å². The molecule has 2 N–H and O–H groups in total. The Morgan fingerprint density at radius 3 is 2.72 bits per heavy atom. The second-order valence-electron chi connectivity index (χ2n) is 5.01. The summed E-state index contributed by atoms with van der Waals surface area (Å²) in [6, 6.07) is 13.5. The highest BCUT2D eigenvalue weighted by Crippen LogP contribution is 2.37. The highest BCUT2D eigenvalue weighted by Gasteiger charge is 2.17. The molecular formula is C17H12ClIN2O2S2. The van der Waals surface area contributed by atoms with Gasteiger partial charge in [-0.05, 0) is 65.1 Å². The Labute approximate surface area is 172 Å². The van der Waals surface area contributed by atoms with Crippen LogP contribution in [0.2, 0.25) is 5.02 Å². The van der Waals surface area contributed by atoms with Crippen molar-refractivity contribution in [1.29, 1.82) is 0 Å². The van der Waals surface area contributed by atoms with Crippen molar-refractivity contribution in [3.8, 4) is 0 Å². The van der Waals surface area contributed by atoms with Crippen LogP contribution >= 0.6 is 57.7 Å². The van der Waals surface area contributed by atoms with Crippen LogP contribution in [-0.2, 0) is 4.74 Å². The van der Waals surface area contributed by atoms with E-state index in [2.05, 4.69) is 33.2 Å². The number of para-hydroxylation sites is 1. The van der Waals surface area contributed by atoms with Gasteiger partial charge in [0.25, 0.3) is 0 Å². The van der Waals surface area contributed by atoms with Gasteiger partial charge < -0.3 is 15.4 Å². The van der Waals surface area contributed by atoms with Gasteiger partial charge in [-0.2, -0.15) is 0 Å². The fourth-order valence-electron chi connectivity index (χ4n) is 2.21. The fourth-order valence-corrected chi connectivity index (χ4v) is 4.43. The van der Waals surface area contributed by atoms with E-state index in [9.17, 15) is 4.79 Å². The number of methoxy groups -OCH3 is 1. The molecule has 1 heterocycles. The quantitative estimate of drug-likeness (QED) is 0.271. The number of anilines is 2. The molecule has 0 saturated heterocycles. The van der Waals surface area contributed by atoms with Gasteiger partial charge in [0.05, 0.1) is 17.8 Å². The van der Waals surface area contributed by atoms with Gasteiger partial charge in [-0.15, -0.1) is 11.3 Å². The zero-order chi connectivity index (χ0) is 18.0. The van der Waals surface area contributed by atoms with Crippen LogP contribution in [0.25, 0.3) is 10.1 Å². The SMILES string of the molecule is COC(=O)c1sc2cc(NC(=S)Nc3ccccc3I)ccc2c1Cl. The number of ether oxygens (including phenoxy) is 1. The van der Waals surface area contributed by atoms with E-state index in [4.69, 9.17) is 28.6 Å². The molecule has 0 unspecified atom stereocenters. The summed E-state index contributed by atoms with van der Waals surface area (Å²) in [6.45, 7) is 0. The highest BCUT2D eigenvalue weighted by atomic mass is 127. The second-order valence-corrected chi connectivity index (χ2v) is 8.01. The molecule has 0 amide bonds. The first-order valence-corrected chi connectivity index (χ1v) is 9.80. The van der Waals surface area contributed by atoms with Gasteiger partial charge in [0.1, 0.15) is 4.88 Å². The largest absolute Gasteiger partial charge is 0.465 e. The Morgan fingerprint density at radius 2 is 2.00 bits per heavy atom. The highest BCUT2D eigenvalue weighted by molar-refractivity contribution is 14.1. The van der Waals surface area contributed by atoms with E-state index in [-0.39, 0.29) is 0 Å². The maximum Gasteiger partial charge on any atom is 0.349 e. The molecule has 4 nitrogen and oxygen atoms in total. The molecule has 0 aliphatic heterocycles. The fraction of sp³-hybridized carbons (Fsp3) is 0.0588. The molecule has 128 valence electrons. The number of thiocarbonyl (C=S) groups is 1. The van der Waals surface area contributed by atoms with Gasteiger partial charge in [-0.25, -0.2) is 4.79 Å². The third-order valence-corrected chi connectivity index (χ3v) is 6.16. The van der Waals surface area contributed by atoms with Crippen molar-refractivity contribution in [3.63, 3.8) is 0 Å². The molecule has 0 atom stereocenters. The van der Waals surface area contributed by atoms with Crippen LogP contribution in [0.3, 0.4) is 0 Å². The van der Waals surface area contributed by atoms with Crippen LogP contribution in [0.15, 0.2) is 42.5 Å². The summed E-state index contributed by atoms with van der Waals surface area (Å²) in [6.07, 6.45) is 0. The molecule has 25 heavy (non-hydrogen) atoms. The van der Waals surface area contributed by atoms with Crippen LogP contribution in [0.4, 0.5) is 11.4 Å². The number of rotatable bonds is 3. The molecule has 3 aromatic rings. The number of carbonyl (C=O) groups excluding carboxylic acids is 1. The number of esters is 1. The predicted molar refractivity (Wildman–Crippen MR) is 117 cm³/mol. The standard InChI is InChI=1S/C17H12ClIN2O2S2/c1-23-16(22)15-14(18)10-7-6-9(8-13(10)25-15)20-17(24)21-12-5-3-2-4-11(12)19/h2-8H,1H3,(H2,20,21,24). The van der Waals surface area contributed by atoms with Crippen LogP contribution < -0.4 is 10.6 Å². The van der Waals surface area contributed by atoms with Crippen molar-refractivity contribution in [1.82, 2.24) is 0 Å². The number of hydrogen-bond acceptors (Lipinski definition) is 4. The number of nitrogens with one attached hydrogen (secondary N) is 2. The molecule has 0 aliphatic carbocycles. The van der Waals surface area contributed by atoms with Gasteiger partial charge >= 0.3 is 5.97 Å². The first-order chi connectivity index (χ1) is 12.0. The predicted octanol–water partition coefficient (Wildman–Crippen LogP) is 5.75. The van der Waals surface area contributed by atoms with Gasteiger partial charge in [0.15, 0.2) is 5.11 Å². The number of hydrogen-bond donors (Lipinski definition) is 2. The zero-order valence-corrected chi connectivity index (χ0v) is 17.5. The first-order valence-electron chi connectivity index (χ1n) is 7.12. The maximum absolute atomic E-state index is 11.8. The topological polar surface area (TPSA) is 50.4 Å². The second kappa shape index (κ2) is 7.86. The lowest BCUT2D eigenvalue weighted by molar-refractivity contribution is 0.0606. The number of carbonyl (C=O) groups is 1. The molecule has 8 heteroatoms. The van der Waals surface area contributed by atoms with Crippen molar-refractivity contribution < 1.29 is 9.53 Å². The molecule has 3 rings (SSSR count). The molecule has 1 aromatic heterocycles. The summed E-state index contributed by atoms with van der Waals surface area (Å²) in [5.74, 6) is -0.434. The lowest BCUT2D eigenvalue weighted by Crippen LogP contribution is -2.19. The summed E-state index contributed by atoms with van der Waals surface area (Å²) >= 11 is 15.2. The van der Waals surface area contributed by atoms with Gasteiger partial charge in [0.2, 0.25) is 0 Å². The van der Waals surface area contributed by atoms with Crippen LogP contribution in [-0.4, -0.2) is 18.2 Å². The monoisotopic (exact) mass is 502 g/mol. The van der Waals surface area contributed by atoms with Crippen molar-refractivity contribution in [2.24, 2.45) is 0 Å². The van der Waals surface area contributed by atoms with Crippen molar-refractivity contribution in [2.75, 3.05) is 17.7 Å². The van der Waals surface area contributed by atoms with Crippen molar-refractivity contribution in [3.05, 3.63) is 55.9 Å². The molecule has 0 radical (unpaired) electrons. The number of thiophene rings is 1. The van der Waals surface area contributed by atoms with E-state index in [1.807, 2.05) is 42.5 Å². The number of halogens is 2. The maximum atomic E-state index is 11.8. The van der Waals surface area contributed by atoms with E-state index in [0.29, 0.717) is 15.0 Å². The van der Waals surface area contributed by atoms with Gasteiger partial charge in [-0.3, -0.25) is 0 Å². The van der Waals surface area contributed by atoms with Crippen LogP contribution in [0, 0.1) is 3.57 Å². The average Bonchev–Trinajstić information content (AvgIpc) is 2.92. The third kappa shape index (κ3) is 4.05. The summed E-state index contributed by atoms with van der Waals surface area (Å²) in [5.41, 5.74) is 1.75. The smallest absolute Gasteiger partial charge is 0.349 e. The molecule has 0 fully saturated rings. The lowest BCUT2D eigenvalue weighted by Gasteiger charge is -2.11. The average molecular weight is 503 g/mol. The summed E-state index contributed by atoms with van der Waals surface area (Å²) in [5, 5.41) is 8.03. The number of fused-ring (bicyclic) bond motifs is 1. The van der Waals surface area contributed by atoms with Crippen molar-refractivity contribution >= 4 is 90.3 Å². The van der Waals surface area contributed by atoms with E-state index in [1.54, 1.807) is 0 Å². The Kier molecular flexibility index (Phi) is 5.78. The normalized spacial score (nSPS) is 10.5. The molecule has 0 bridgehead atoms. The molecule has 2 aromatic carbocycles. The Balaban J connectivity index is 1.81. The van der Waals surface area contributed by atoms with Crippen LogP contribution in [0.5, 0.6) is 0 Å². The van der Waals surface area contributed by atoms with E-state index < -0.39 is 5.97 Å². The molecule has 0 saturated carbocycles. The number of benzene rings is 2. The minimum atomic E-state index is -0.434. The van der Waals surface area contributed by atoms with Crippen molar-refractivity contribution in [2.45, 2.75) is 0 Å². The lowest BCUT2D eigenvalue weighted by atomic mass is 10.2. The Bertz CT molecular complexity index is 974. The minimum Gasteiger partial charge on any atom is -0.465 e. The van der Waals surface area contributed by atoms with Gasteiger partial charge in [0, 0.05) is 19.3 Å². The molecule has 0 spiro atoms. The van der Waals surface area contributed by atoms with E-state index >= 15 is 0 Å². The summed E-state index contributed by atoms with van der Waals surface area (Å²) in [7, 11) is 1.34. The van der Waals surface area contributed by atoms with E-state index in [0.717, 1.165) is 25.0 Å². The van der Waals surface area contributed by atoms with Gasteiger partial charge in [-0.1, -0.05) is 23.7 Å². The Hall–Kier alpha value is -1.42.